The Morgan fingerprint density at radius 3 is 2.95 bits per heavy atom. The van der Waals surface area contributed by atoms with E-state index in [1.54, 1.807) is 13.2 Å². The first kappa shape index (κ1) is 14.4. The van der Waals surface area contributed by atoms with Gasteiger partial charge in [0.05, 0.1) is 18.8 Å². The number of rotatable bonds is 4. The number of nitrogens with zero attached hydrogens (tertiary/aromatic N) is 3. The van der Waals surface area contributed by atoms with Gasteiger partial charge < -0.3 is 15.4 Å². The van der Waals surface area contributed by atoms with E-state index < -0.39 is 0 Å². The maximum Gasteiger partial charge on any atom is 0.191 e. The lowest BCUT2D eigenvalue weighted by Gasteiger charge is -2.15. The Kier molecular flexibility index (Phi) is 4.27. The zero-order chi connectivity index (χ0) is 15.4. The molecule has 3 rings (SSSR count). The number of hydrogen-bond donors (Lipinski definition) is 2. The highest BCUT2D eigenvalue weighted by Gasteiger charge is 2.22. The van der Waals surface area contributed by atoms with Crippen molar-refractivity contribution in [2.24, 2.45) is 12.0 Å². The summed E-state index contributed by atoms with van der Waals surface area (Å²) in [5.74, 6) is 1.76. The second kappa shape index (κ2) is 6.51. The third-order valence-electron chi connectivity index (χ3n) is 3.79. The Bertz CT molecular complexity index is 639. The van der Waals surface area contributed by atoms with Crippen LogP contribution in [0, 0.1) is 0 Å². The summed E-state index contributed by atoms with van der Waals surface area (Å²) in [7, 11) is 3.69. The predicted octanol–water partition coefficient (Wildman–Crippen LogP) is 1.09. The van der Waals surface area contributed by atoms with Gasteiger partial charge in [-0.05, 0) is 17.7 Å². The van der Waals surface area contributed by atoms with E-state index in [-0.39, 0.29) is 6.10 Å². The van der Waals surface area contributed by atoms with Crippen LogP contribution in [0.1, 0.15) is 11.3 Å². The first-order valence-electron chi connectivity index (χ1n) is 7.42. The van der Waals surface area contributed by atoms with Gasteiger partial charge in [0.25, 0.3) is 0 Å². The second-order valence-electron chi connectivity index (χ2n) is 5.30. The molecule has 0 radical (unpaired) electrons. The molecule has 0 saturated heterocycles. The van der Waals surface area contributed by atoms with E-state index in [0.717, 1.165) is 30.4 Å². The lowest BCUT2D eigenvalue weighted by molar-refractivity contribution is 0.235. The molecule has 0 aliphatic carbocycles. The lowest BCUT2D eigenvalue weighted by Crippen LogP contribution is -2.42. The van der Waals surface area contributed by atoms with Crippen molar-refractivity contribution >= 4 is 5.96 Å². The number of ether oxygens (including phenoxy) is 1. The SMILES string of the molecule is CN=C(NCc1ccnn1C)NCC1Cc2ccccc2O1. The van der Waals surface area contributed by atoms with Gasteiger partial charge in [0.15, 0.2) is 5.96 Å². The molecule has 1 atom stereocenters. The van der Waals surface area contributed by atoms with E-state index in [1.807, 2.05) is 36.0 Å². The van der Waals surface area contributed by atoms with Gasteiger partial charge in [0, 0.05) is 26.7 Å². The summed E-state index contributed by atoms with van der Waals surface area (Å²) in [6, 6.07) is 10.2. The van der Waals surface area contributed by atoms with Crippen molar-refractivity contribution in [1.82, 2.24) is 20.4 Å². The van der Waals surface area contributed by atoms with Gasteiger partial charge in [-0.1, -0.05) is 18.2 Å². The molecule has 2 heterocycles. The summed E-state index contributed by atoms with van der Waals surface area (Å²) >= 11 is 0. The molecule has 116 valence electrons. The standard InChI is InChI=1S/C16H21N5O/c1-17-16(18-10-13-7-8-20-21(13)2)19-11-14-9-12-5-3-4-6-15(12)22-14/h3-8,14H,9-11H2,1-2H3,(H2,17,18,19). The summed E-state index contributed by atoms with van der Waals surface area (Å²) in [6.45, 7) is 1.40. The Hall–Kier alpha value is -2.50. The molecule has 0 spiro atoms. The lowest BCUT2D eigenvalue weighted by atomic mass is 10.1. The minimum absolute atomic E-state index is 0.146. The Morgan fingerprint density at radius 1 is 1.36 bits per heavy atom. The van der Waals surface area contributed by atoms with Crippen LogP contribution >= 0.6 is 0 Å². The van der Waals surface area contributed by atoms with Gasteiger partial charge >= 0.3 is 0 Å². The van der Waals surface area contributed by atoms with E-state index in [2.05, 4.69) is 26.8 Å². The summed E-state index contributed by atoms with van der Waals surface area (Å²) < 4.78 is 7.76. The van der Waals surface area contributed by atoms with Gasteiger partial charge in [0.2, 0.25) is 0 Å². The van der Waals surface area contributed by atoms with E-state index >= 15 is 0 Å². The van der Waals surface area contributed by atoms with Crippen LogP contribution < -0.4 is 15.4 Å². The molecule has 1 aromatic carbocycles. The van der Waals surface area contributed by atoms with Crippen LogP contribution in [-0.2, 0) is 20.0 Å². The molecule has 1 unspecified atom stereocenters. The van der Waals surface area contributed by atoms with Crippen molar-refractivity contribution in [3.8, 4) is 5.75 Å². The first-order valence-corrected chi connectivity index (χ1v) is 7.42. The summed E-state index contributed by atoms with van der Waals surface area (Å²) in [6.07, 6.45) is 2.87. The van der Waals surface area contributed by atoms with Crippen molar-refractivity contribution in [3.63, 3.8) is 0 Å². The quantitative estimate of drug-likeness (QED) is 0.655. The molecule has 1 aromatic heterocycles. The first-order chi connectivity index (χ1) is 10.8. The smallest absolute Gasteiger partial charge is 0.191 e. The van der Waals surface area contributed by atoms with E-state index in [0.29, 0.717) is 6.54 Å². The van der Waals surface area contributed by atoms with Gasteiger partial charge in [-0.15, -0.1) is 0 Å². The highest BCUT2D eigenvalue weighted by Crippen LogP contribution is 2.27. The average molecular weight is 299 g/mol. The van der Waals surface area contributed by atoms with Crippen molar-refractivity contribution in [1.29, 1.82) is 0 Å². The molecule has 1 aliphatic heterocycles. The molecule has 6 nitrogen and oxygen atoms in total. The number of nitrogens with one attached hydrogen (secondary N) is 2. The van der Waals surface area contributed by atoms with Crippen LogP contribution in [0.25, 0.3) is 0 Å². The third-order valence-corrected chi connectivity index (χ3v) is 3.79. The number of benzene rings is 1. The fourth-order valence-electron chi connectivity index (χ4n) is 2.55. The molecule has 2 N–H and O–H groups in total. The van der Waals surface area contributed by atoms with Crippen LogP contribution in [-0.4, -0.2) is 35.4 Å². The number of fused-ring (bicyclic) bond motifs is 1. The molecule has 1 aliphatic rings. The Balaban J connectivity index is 1.47. The molecule has 6 heteroatoms. The van der Waals surface area contributed by atoms with Gasteiger partial charge in [0.1, 0.15) is 11.9 Å². The highest BCUT2D eigenvalue weighted by molar-refractivity contribution is 5.79. The fraction of sp³-hybridized carbons (Fsp3) is 0.375. The summed E-state index contributed by atoms with van der Waals surface area (Å²) in [5, 5.41) is 10.7. The van der Waals surface area contributed by atoms with Crippen LogP contribution in [0.3, 0.4) is 0 Å². The highest BCUT2D eigenvalue weighted by atomic mass is 16.5. The van der Waals surface area contributed by atoms with E-state index in [9.17, 15) is 0 Å². The van der Waals surface area contributed by atoms with E-state index in [1.165, 1.54) is 5.56 Å². The minimum atomic E-state index is 0.146. The number of para-hydroxylation sites is 1. The zero-order valence-electron chi connectivity index (χ0n) is 12.9. The second-order valence-corrected chi connectivity index (χ2v) is 5.30. The van der Waals surface area contributed by atoms with Crippen LogP contribution in [0.15, 0.2) is 41.5 Å². The molecule has 0 amide bonds. The van der Waals surface area contributed by atoms with Crippen molar-refractivity contribution in [3.05, 3.63) is 47.8 Å². The predicted molar refractivity (Wildman–Crippen MR) is 86.0 cm³/mol. The van der Waals surface area contributed by atoms with Crippen molar-refractivity contribution < 1.29 is 4.74 Å². The van der Waals surface area contributed by atoms with Crippen LogP contribution in [0.2, 0.25) is 0 Å². The normalized spacial score (nSPS) is 17.0. The number of aryl methyl sites for hydroxylation is 1. The van der Waals surface area contributed by atoms with Gasteiger partial charge in [-0.2, -0.15) is 5.10 Å². The molecule has 22 heavy (non-hydrogen) atoms. The zero-order valence-corrected chi connectivity index (χ0v) is 12.9. The average Bonchev–Trinajstić information content (AvgIpc) is 3.13. The number of hydrogen-bond acceptors (Lipinski definition) is 3. The summed E-state index contributed by atoms with van der Waals surface area (Å²) in [5.41, 5.74) is 2.37. The van der Waals surface area contributed by atoms with Crippen molar-refractivity contribution in [2.45, 2.75) is 19.1 Å². The maximum atomic E-state index is 5.91. The van der Waals surface area contributed by atoms with Gasteiger partial charge in [-0.25, -0.2) is 0 Å². The van der Waals surface area contributed by atoms with E-state index in [4.69, 9.17) is 4.74 Å². The molecular formula is C16H21N5O. The number of aromatic nitrogens is 2. The van der Waals surface area contributed by atoms with Gasteiger partial charge in [-0.3, -0.25) is 9.67 Å². The largest absolute Gasteiger partial charge is 0.488 e. The van der Waals surface area contributed by atoms with Crippen molar-refractivity contribution in [2.75, 3.05) is 13.6 Å². The Morgan fingerprint density at radius 2 is 2.23 bits per heavy atom. The topological polar surface area (TPSA) is 63.5 Å². The molecule has 0 saturated carbocycles. The molecule has 0 fully saturated rings. The van der Waals surface area contributed by atoms with Crippen LogP contribution in [0.4, 0.5) is 0 Å². The summed E-state index contributed by atoms with van der Waals surface area (Å²) in [4.78, 5) is 4.24. The van der Waals surface area contributed by atoms with Crippen LogP contribution in [0.5, 0.6) is 5.75 Å². The monoisotopic (exact) mass is 299 g/mol. The number of guanidine groups is 1. The number of aliphatic imine (C=N–C) groups is 1. The maximum absolute atomic E-state index is 5.91. The Labute approximate surface area is 130 Å². The minimum Gasteiger partial charge on any atom is -0.488 e. The molecule has 0 bridgehead atoms. The molecular weight excluding hydrogens is 278 g/mol. The third kappa shape index (κ3) is 3.21. The molecule has 2 aromatic rings. The fourth-order valence-corrected chi connectivity index (χ4v) is 2.55.